The average Bonchev–Trinajstić information content (AvgIpc) is 2.45. The molecule has 1 heterocycles. The molecule has 0 radical (unpaired) electrons. The lowest BCUT2D eigenvalue weighted by molar-refractivity contribution is 0.0589. The van der Waals surface area contributed by atoms with Crippen LogP contribution in [0.15, 0.2) is 22.8 Å². The number of halogens is 3. The molecular formula is C16H17Br2ClN2O2. The number of benzene rings is 1. The Labute approximate surface area is 157 Å². The van der Waals surface area contributed by atoms with E-state index >= 15 is 0 Å². The van der Waals surface area contributed by atoms with Gasteiger partial charge in [0.05, 0.1) is 5.02 Å². The number of hydrogen-bond acceptors (Lipinski definition) is 3. The number of alkyl halides is 1. The molecule has 0 fully saturated rings. The number of carbonyl (C=O) groups is 1. The summed E-state index contributed by atoms with van der Waals surface area (Å²) in [5.41, 5.74) is 0.462. The first-order valence-electron chi connectivity index (χ1n) is 6.93. The Morgan fingerprint density at radius 2 is 2.04 bits per heavy atom. The molecule has 0 unspecified atom stereocenters. The molecule has 0 N–H and O–H groups in total. The van der Waals surface area contributed by atoms with Crippen molar-refractivity contribution in [3.63, 3.8) is 0 Å². The number of nitrogens with zero attached hydrogens (tertiary/aromatic N) is 2. The van der Waals surface area contributed by atoms with Crippen LogP contribution < -0.4 is 4.90 Å². The first kappa shape index (κ1) is 18.5. The Balaban J connectivity index is 2.58. The van der Waals surface area contributed by atoms with E-state index in [0.29, 0.717) is 21.6 Å². The van der Waals surface area contributed by atoms with Crippen LogP contribution in [0.4, 0.5) is 10.6 Å². The van der Waals surface area contributed by atoms with E-state index in [1.165, 1.54) is 4.90 Å². The van der Waals surface area contributed by atoms with Crippen LogP contribution in [0.25, 0.3) is 10.8 Å². The van der Waals surface area contributed by atoms with Crippen LogP contribution in [-0.4, -0.2) is 23.7 Å². The molecule has 0 aliphatic rings. The predicted octanol–water partition coefficient (Wildman–Crippen LogP) is 5.92. The smallest absolute Gasteiger partial charge is 0.415 e. The highest BCUT2D eigenvalue weighted by Crippen LogP contribution is 2.36. The first-order chi connectivity index (χ1) is 10.6. The number of amides is 1. The molecule has 124 valence electrons. The van der Waals surface area contributed by atoms with E-state index in [9.17, 15) is 4.79 Å². The second-order valence-corrected chi connectivity index (χ2v) is 7.93. The van der Waals surface area contributed by atoms with Gasteiger partial charge >= 0.3 is 6.09 Å². The molecule has 0 atom stereocenters. The van der Waals surface area contributed by atoms with Gasteiger partial charge in [0.2, 0.25) is 0 Å². The molecule has 0 saturated carbocycles. The maximum Gasteiger partial charge on any atom is 0.415 e. The fraction of sp³-hybridized carbons (Fsp3) is 0.375. The third-order valence-electron chi connectivity index (χ3n) is 3.07. The van der Waals surface area contributed by atoms with E-state index in [1.54, 1.807) is 13.2 Å². The van der Waals surface area contributed by atoms with Gasteiger partial charge in [0.25, 0.3) is 0 Å². The molecule has 1 aromatic heterocycles. The summed E-state index contributed by atoms with van der Waals surface area (Å²) in [6.07, 6.45) is 1.18. The highest BCUT2D eigenvalue weighted by atomic mass is 79.9. The molecule has 1 aromatic carbocycles. The van der Waals surface area contributed by atoms with Gasteiger partial charge in [-0.25, -0.2) is 9.78 Å². The van der Waals surface area contributed by atoms with Crippen molar-refractivity contribution in [1.82, 2.24) is 4.98 Å². The number of anilines is 1. The average molecular weight is 465 g/mol. The summed E-state index contributed by atoms with van der Waals surface area (Å²) in [5.74, 6) is 0.462. The minimum atomic E-state index is -0.580. The van der Waals surface area contributed by atoms with Crippen molar-refractivity contribution < 1.29 is 9.53 Å². The van der Waals surface area contributed by atoms with Gasteiger partial charge in [-0.2, -0.15) is 0 Å². The Morgan fingerprint density at radius 3 is 2.61 bits per heavy atom. The monoisotopic (exact) mass is 462 g/mol. The second-order valence-electron chi connectivity index (χ2n) is 6.10. The molecule has 0 aliphatic heterocycles. The minimum Gasteiger partial charge on any atom is -0.443 e. The van der Waals surface area contributed by atoms with E-state index in [4.69, 9.17) is 16.3 Å². The predicted molar refractivity (Wildman–Crippen MR) is 102 cm³/mol. The number of pyridine rings is 1. The zero-order chi connectivity index (χ0) is 17.4. The Hall–Kier alpha value is -0.850. The number of fused-ring (bicyclic) bond motifs is 1. The number of rotatable bonds is 2. The summed E-state index contributed by atoms with van der Waals surface area (Å²) in [5, 5.41) is 2.83. The molecule has 2 aromatic rings. The van der Waals surface area contributed by atoms with Crippen molar-refractivity contribution in [2.75, 3.05) is 11.9 Å². The SMILES string of the molecule is CN(C(=O)OC(C)(C)C)c1ncc(Br)c2cc(CBr)cc(Cl)c12. The highest BCUT2D eigenvalue weighted by Gasteiger charge is 2.24. The topological polar surface area (TPSA) is 42.4 Å². The summed E-state index contributed by atoms with van der Waals surface area (Å²) in [6, 6.07) is 3.87. The largest absolute Gasteiger partial charge is 0.443 e. The van der Waals surface area contributed by atoms with Crippen LogP contribution in [0.3, 0.4) is 0 Å². The molecule has 0 spiro atoms. The van der Waals surface area contributed by atoms with E-state index in [-0.39, 0.29) is 0 Å². The van der Waals surface area contributed by atoms with Gasteiger partial charge in [0.1, 0.15) is 11.4 Å². The highest BCUT2D eigenvalue weighted by molar-refractivity contribution is 9.10. The van der Waals surface area contributed by atoms with Crippen LogP contribution in [0.1, 0.15) is 26.3 Å². The number of carbonyl (C=O) groups excluding carboxylic acids is 1. The van der Waals surface area contributed by atoms with Crippen LogP contribution in [0.5, 0.6) is 0 Å². The third kappa shape index (κ3) is 4.17. The normalized spacial score (nSPS) is 11.6. The van der Waals surface area contributed by atoms with E-state index in [0.717, 1.165) is 15.4 Å². The van der Waals surface area contributed by atoms with Crippen LogP contribution in [0.2, 0.25) is 5.02 Å². The van der Waals surface area contributed by atoms with Gasteiger partial charge in [-0.15, -0.1) is 0 Å². The van der Waals surface area contributed by atoms with Crippen LogP contribution >= 0.6 is 43.5 Å². The summed E-state index contributed by atoms with van der Waals surface area (Å²) < 4.78 is 6.22. The number of aromatic nitrogens is 1. The Bertz CT molecular complexity index is 760. The van der Waals surface area contributed by atoms with Crippen molar-refractivity contribution in [3.05, 3.63) is 33.4 Å². The molecule has 0 aliphatic carbocycles. The molecule has 4 nitrogen and oxygen atoms in total. The summed E-state index contributed by atoms with van der Waals surface area (Å²) in [6.45, 7) is 5.46. The zero-order valence-corrected chi connectivity index (χ0v) is 17.2. The van der Waals surface area contributed by atoms with Gasteiger partial charge in [0.15, 0.2) is 0 Å². The lowest BCUT2D eigenvalue weighted by Gasteiger charge is -2.25. The van der Waals surface area contributed by atoms with E-state index < -0.39 is 11.7 Å². The summed E-state index contributed by atoms with van der Waals surface area (Å²) in [4.78, 5) is 18.1. The Morgan fingerprint density at radius 1 is 1.39 bits per heavy atom. The maximum absolute atomic E-state index is 12.3. The van der Waals surface area contributed by atoms with Gasteiger partial charge in [-0.1, -0.05) is 27.5 Å². The van der Waals surface area contributed by atoms with Crippen LogP contribution in [-0.2, 0) is 10.1 Å². The van der Waals surface area contributed by atoms with E-state index in [2.05, 4.69) is 36.8 Å². The zero-order valence-electron chi connectivity index (χ0n) is 13.3. The van der Waals surface area contributed by atoms with Crippen LogP contribution in [0, 0.1) is 0 Å². The fourth-order valence-corrected chi connectivity index (χ4v) is 3.14. The molecular weight excluding hydrogens is 447 g/mol. The van der Waals surface area contributed by atoms with E-state index in [1.807, 2.05) is 32.9 Å². The van der Waals surface area contributed by atoms with Gasteiger partial charge in [-0.05, 0) is 54.4 Å². The maximum atomic E-state index is 12.3. The molecule has 2 rings (SSSR count). The van der Waals surface area contributed by atoms with Crippen molar-refractivity contribution in [2.24, 2.45) is 0 Å². The quantitative estimate of drug-likeness (QED) is 0.519. The standard InChI is InChI=1S/C16H17Br2ClN2O2/c1-16(2,3)23-15(22)21(4)14-13-10(11(18)8-20-14)5-9(7-17)6-12(13)19/h5-6,8H,7H2,1-4H3. The second kappa shape index (κ2) is 6.95. The molecule has 7 heteroatoms. The van der Waals surface area contributed by atoms with Gasteiger partial charge in [-0.3, -0.25) is 4.90 Å². The molecule has 0 bridgehead atoms. The number of hydrogen-bond donors (Lipinski definition) is 0. The van der Waals surface area contributed by atoms with Gasteiger partial charge < -0.3 is 4.74 Å². The lowest BCUT2D eigenvalue weighted by atomic mass is 10.1. The lowest BCUT2D eigenvalue weighted by Crippen LogP contribution is -2.34. The Kier molecular flexibility index (Phi) is 5.59. The molecule has 23 heavy (non-hydrogen) atoms. The number of ether oxygens (including phenoxy) is 1. The van der Waals surface area contributed by atoms with Crippen molar-refractivity contribution >= 4 is 66.1 Å². The third-order valence-corrected chi connectivity index (χ3v) is 4.65. The van der Waals surface area contributed by atoms with Gasteiger partial charge in [0, 0.05) is 33.8 Å². The summed E-state index contributed by atoms with van der Waals surface area (Å²) >= 11 is 13.4. The summed E-state index contributed by atoms with van der Waals surface area (Å²) in [7, 11) is 1.62. The van der Waals surface area contributed by atoms with Crippen molar-refractivity contribution in [1.29, 1.82) is 0 Å². The fourth-order valence-electron chi connectivity index (χ4n) is 2.08. The van der Waals surface area contributed by atoms with Crippen molar-refractivity contribution in [2.45, 2.75) is 31.7 Å². The molecule has 0 saturated heterocycles. The first-order valence-corrected chi connectivity index (χ1v) is 9.22. The van der Waals surface area contributed by atoms with Crippen molar-refractivity contribution in [3.8, 4) is 0 Å². The minimum absolute atomic E-state index is 0.462. The molecule has 1 amide bonds.